The summed E-state index contributed by atoms with van der Waals surface area (Å²) in [7, 11) is 0. The van der Waals surface area contributed by atoms with Crippen LogP contribution in [0.5, 0.6) is 0 Å². The van der Waals surface area contributed by atoms with Crippen LogP contribution >= 0.6 is 0 Å². The van der Waals surface area contributed by atoms with E-state index in [-0.39, 0.29) is 5.91 Å². The molecule has 1 aromatic rings. The molecule has 1 aliphatic rings. The van der Waals surface area contributed by atoms with Crippen molar-refractivity contribution >= 4 is 5.91 Å². The minimum atomic E-state index is -0.453. The molecule has 1 fully saturated rings. The monoisotopic (exact) mass is 261 g/mol. The zero-order valence-electron chi connectivity index (χ0n) is 11.6. The van der Waals surface area contributed by atoms with Crippen molar-refractivity contribution in [3.8, 4) is 0 Å². The van der Waals surface area contributed by atoms with Crippen LogP contribution in [0.25, 0.3) is 0 Å². The molecule has 4 nitrogen and oxygen atoms in total. The van der Waals surface area contributed by atoms with E-state index in [9.17, 15) is 4.79 Å². The van der Waals surface area contributed by atoms with E-state index in [1.807, 2.05) is 6.07 Å². The first-order valence-electron chi connectivity index (χ1n) is 6.99. The predicted molar refractivity (Wildman–Crippen MR) is 76.4 cm³/mol. The van der Waals surface area contributed by atoms with Crippen molar-refractivity contribution in [1.82, 2.24) is 10.2 Å². The topological polar surface area (TPSA) is 58.4 Å². The Kier molecular flexibility index (Phi) is 4.93. The highest BCUT2D eigenvalue weighted by atomic mass is 16.2. The first-order chi connectivity index (χ1) is 9.16. The van der Waals surface area contributed by atoms with E-state index in [0.29, 0.717) is 6.54 Å². The third-order valence-corrected chi connectivity index (χ3v) is 3.58. The Morgan fingerprint density at radius 1 is 1.32 bits per heavy atom. The summed E-state index contributed by atoms with van der Waals surface area (Å²) in [6.07, 6.45) is 2.59. The van der Waals surface area contributed by atoms with Gasteiger partial charge in [0.25, 0.3) is 0 Å². The number of nitrogens with one attached hydrogen (secondary N) is 1. The van der Waals surface area contributed by atoms with E-state index in [1.165, 1.54) is 37.1 Å². The van der Waals surface area contributed by atoms with Gasteiger partial charge in [-0.25, -0.2) is 0 Å². The lowest BCUT2D eigenvalue weighted by molar-refractivity contribution is -0.122. The van der Waals surface area contributed by atoms with Crippen molar-refractivity contribution < 1.29 is 4.79 Å². The number of amides is 1. The van der Waals surface area contributed by atoms with Gasteiger partial charge in [-0.05, 0) is 44.0 Å². The molecule has 104 valence electrons. The molecular weight excluding hydrogens is 238 g/mol. The van der Waals surface area contributed by atoms with Crippen molar-refractivity contribution in [2.45, 2.75) is 38.9 Å². The van der Waals surface area contributed by atoms with Crippen LogP contribution in [0.4, 0.5) is 0 Å². The zero-order valence-corrected chi connectivity index (χ0v) is 11.6. The molecule has 1 aliphatic heterocycles. The van der Waals surface area contributed by atoms with Gasteiger partial charge in [0.05, 0.1) is 6.04 Å². The molecular formula is C15H23N3O. The van der Waals surface area contributed by atoms with Gasteiger partial charge in [-0.1, -0.05) is 24.3 Å². The van der Waals surface area contributed by atoms with Crippen molar-refractivity contribution in [3.63, 3.8) is 0 Å². The van der Waals surface area contributed by atoms with Gasteiger partial charge in [-0.3, -0.25) is 9.69 Å². The first-order valence-corrected chi connectivity index (χ1v) is 6.99. The van der Waals surface area contributed by atoms with Crippen LogP contribution in [0, 0.1) is 0 Å². The third kappa shape index (κ3) is 4.04. The average Bonchev–Trinajstić information content (AvgIpc) is 2.90. The normalized spacial score (nSPS) is 17.4. The molecule has 1 heterocycles. The zero-order chi connectivity index (χ0) is 13.7. The number of hydrogen-bond donors (Lipinski definition) is 2. The molecule has 0 saturated carbocycles. The minimum absolute atomic E-state index is 0.101. The van der Waals surface area contributed by atoms with Gasteiger partial charge in [0.1, 0.15) is 0 Å². The van der Waals surface area contributed by atoms with Gasteiger partial charge in [0.15, 0.2) is 0 Å². The quantitative estimate of drug-likeness (QED) is 0.838. The number of nitrogens with two attached hydrogens (primary N) is 1. The van der Waals surface area contributed by atoms with Gasteiger partial charge in [-0.2, -0.15) is 0 Å². The molecule has 4 heteroatoms. The van der Waals surface area contributed by atoms with Gasteiger partial charge in [0, 0.05) is 13.1 Å². The van der Waals surface area contributed by atoms with Crippen LogP contribution in [-0.4, -0.2) is 29.9 Å². The van der Waals surface area contributed by atoms with Crippen molar-refractivity contribution in [1.29, 1.82) is 0 Å². The maximum Gasteiger partial charge on any atom is 0.236 e. The first kappa shape index (κ1) is 14.0. The maximum atomic E-state index is 11.5. The summed E-state index contributed by atoms with van der Waals surface area (Å²) >= 11 is 0. The standard InChI is InChI=1S/C15H23N3O/c1-12(16)15(19)17-10-13-6-2-3-7-14(13)11-18-8-4-5-9-18/h2-3,6-7,12H,4-5,8-11,16H2,1H3,(H,17,19)/t12-/m1/s1. The lowest BCUT2D eigenvalue weighted by Gasteiger charge is -2.18. The SMILES string of the molecule is C[C@@H](N)C(=O)NCc1ccccc1CN1CCCC1. The Morgan fingerprint density at radius 3 is 2.58 bits per heavy atom. The summed E-state index contributed by atoms with van der Waals surface area (Å²) in [5.74, 6) is -0.101. The molecule has 0 bridgehead atoms. The van der Waals surface area contributed by atoms with Crippen LogP contribution < -0.4 is 11.1 Å². The van der Waals surface area contributed by atoms with Crippen LogP contribution in [0.2, 0.25) is 0 Å². The van der Waals surface area contributed by atoms with Crippen LogP contribution in [0.3, 0.4) is 0 Å². The fourth-order valence-corrected chi connectivity index (χ4v) is 2.41. The van der Waals surface area contributed by atoms with Crippen LogP contribution in [0.15, 0.2) is 24.3 Å². The Labute approximate surface area is 115 Å². The Bertz CT molecular complexity index is 425. The van der Waals surface area contributed by atoms with Crippen LogP contribution in [0.1, 0.15) is 30.9 Å². The fourth-order valence-electron chi connectivity index (χ4n) is 2.41. The summed E-state index contributed by atoms with van der Waals surface area (Å²) in [5, 5.41) is 2.88. The van der Waals surface area contributed by atoms with E-state index >= 15 is 0 Å². The van der Waals surface area contributed by atoms with E-state index in [1.54, 1.807) is 6.92 Å². The molecule has 0 spiro atoms. The summed E-state index contributed by atoms with van der Waals surface area (Å²) in [5.41, 5.74) is 8.03. The molecule has 19 heavy (non-hydrogen) atoms. The Hall–Kier alpha value is -1.39. The highest BCUT2D eigenvalue weighted by Crippen LogP contribution is 2.16. The second-order valence-corrected chi connectivity index (χ2v) is 5.26. The summed E-state index contributed by atoms with van der Waals surface area (Å²) < 4.78 is 0. The van der Waals surface area contributed by atoms with Gasteiger partial charge in [0.2, 0.25) is 5.91 Å². The minimum Gasteiger partial charge on any atom is -0.351 e. The lowest BCUT2D eigenvalue weighted by atomic mass is 10.1. The lowest BCUT2D eigenvalue weighted by Crippen LogP contribution is -2.38. The second kappa shape index (κ2) is 6.68. The van der Waals surface area contributed by atoms with E-state index in [2.05, 4.69) is 28.4 Å². The summed E-state index contributed by atoms with van der Waals surface area (Å²) in [6, 6.07) is 7.84. The Morgan fingerprint density at radius 2 is 1.95 bits per heavy atom. The van der Waals surface area contributed by atoms with E-state index in [0.717, 1.165) is 6.54 Å². The number of carbonyl (C=O) groups excluding carboxylic acids is 1. The number of hydrogen-bond acceptors (Lipinski definition) is 3. The van der Waals surface area contributed by atoms with Crippen molar-refractivity contribution in [2.24, 2.45) is 5.73 Å². The number of nitrogens with zero attached hydrogens (tertiary/aromatic N) is 1. The van der Waals surface area contributed by atoms with Crippen LogP contribution in [-0.2, 0) is 17.9 Å². The molecule has 0 aromatic heterocycles. The van der Waals surface area contributed by atoms with Crippen molar-refractivity contribution in [2.75, 3.05) is 13.1 Å². The molecule has 1 amide bonds. The molecule has 3 N–H and O–H groups in total. The highest BCUT2D eigenvalue weighted by Gasteiger charge is 2.14. The predicted octanol–water partition coefficient (Wildman–Crippen LogP) is 1.25. The summed E-state index contributed by atoms with van der Waals surface area (Å²) in [6.45, 7) is 5.60. The number of likely N-dealkylation sites (tertiary alicyclic amines) is 1. The van der Waals surface area contributed by atoms with E-state index < -0.39 is 6.04 Å². The smallest absolute Gasteiger partial charge is 0.236 e. The molecule has 1 aromatic carbocycles. The number of carbonyl (C=O) groups is 1. The Balaban J connectivity index is 1.97. The molecule has 1 atom stereocenters. The number of rotatable bonds is 5. The largest absolute Gasteiger partial charge is 0.351 e. The summed E-state index contributed by atoms with van der Waals surface area (Å²) in [4.78, 5) is 14.0. The number of benzene rings is 1. The molecule has 0 aliphatic carbocycles. The van der Waals surface area contributed by atoms with Crippen molar-refractivity contribution in [3.05, 3.63) is 35.4 Å². The van der Waals surface area contributed by atoms with Gasteiger partial charge >= 0.3 is 0 Å². The maximum absolute atomic E-state index is 11.5. The van der Waals surface area contributed by atoms with Gasteiger partial charge in [-0.15, -0.1) is 0 Å². The molecule has 1 saturated heterocycles. The van der Waals surface area contributed by atoms with E-state index in [4.69, 9.17) is 5.73 Å². The molecule has 0 unspecified atom stereocenters. The molecule has 2 rings (SSSR count). The highest BCUT2D eigenvalue weighted by molar-refractivity contribution is 5.80. The average molecular weight is 261 g/mol. The molecule has 0 radical (unpaired) electrons. The fraction of sp³-hybridized carbons (Fsp3) is 0.533. The third-order valence-electron chi connectivity index (χ3n) is 3.58. The second-order valence-electron chi connectivity index (χ2n) is 5.26. The van der Waals surface area contributed by atoms with Gasteiger partial charge < -0.3 is 11.1 Å².